The van der Waals surface area contributed by atoms with Crippen molar-refractivity contribution in [2.24, 2.45) is 0 Å². The Morgan fingerprint density at radius 1 is 1.00 bits per heavy atom. The van der Waals surface area contributed by atoms with Crippen LogP contribution in [-0.2, 0) is 0 Å². The average molecular weight is 120 g/mol. The summed E-state index contributed by atoms with van der Waals surface area (Å²) in [5.41, 5.74) is 0. The van der Waals surface area contributed by atoms with E-state index in [1.807, 2.05) is 0 Å². The molecule has 0 amide bonds. The van der Waals surface area contributed by atoms with Gasteiger partial charge in [0, 0.05) is 0 Å². The zero-order valence-corrected chi connectivity index (χ0v) is 5.81. The summed E-state index contributed by atoms with van der Waals surface area (Å²) in [7, 11) is -2.17. The molecule has 0 saturated heterocycles. The van der Waals surface area contributed by atoms with E-state index >= 15 is 0 Å². The minimum atomic E-state index is -2.17. The van der Waals surface area contributed by atoms with E-state index in [0.29, 0.717) is 0 Å². The molecule has 0 aromatic rings. The smallest absolute Gasteiger partial charge is 1.00 e. The van der Waals surface area contributed by atoms with Gasteiger partial charge in [-0.05, 0) is 0 Å². The van der Waals surface area contributed by atoms with Crippen LogP contribution in [-0.4, -0.2) is 32.9 Å². The molecule has 0 aliphatic carbocycles. The van der Waals surface area contributed by atoms with Crippen LogP contribution in [0.2, 0.25) is 0 Å². The van der Waals surface area contributed by atoms with Gasteiger partial charge >= 0.3 is 36.9 Å². The molecule has 0 aromatic carbocycles. The van der Waals surface area contributed by atoms with Gasteiger partial charge in [0.15, 0.2) is 0 Å². The predicted octanol–water partition coefficient (Wildman–Crippen LogP) is -4.92. The van der Waals surface area contributed by atoms with Crippen LogP contribution in [0.1, 0.15) is 1.43 Å². The first-order valence-electron chi connectivity index (χ1n) is 0.975. The van der Waals surface area contributed by atoms with Gasteiger partial charge < -0.3 is 16.5 Å². The first-order chi connectivity index (χ1) is 2.73. The average Bonchev–Trinajstić information content (AvgIpc) is 1.41. The van der Waals surface area contributed by atoms with Gasteiger partial charge in [0.25, 0.3) is 0 Å². The third-order valence-electron chi connectivity index (χ3n) is 0. The van der Waals surface area contributed by atoms with Crippen molar-refractivity contribution in [2.45, 2.75) is 0 Å². The first-order valence-corrected chi connectivity index (χ1v) is 0.975. The fraction of sp³-hybridized carbons (Fsp3) is 0. The monoisotopic (exact) mass is 120 g/mol. The standard InChI is InChI=1S/BH3O3.Na.H2O2.H/c2-1(3)4;;1-2;/h2-4H;;1-2H;/q;+1;;-1. The van der Waals surface area contributed by atoms with Gasteiger partial charge in [-0.25, -0.2) is 0 Å². The molecular weight excluding hydrogens is 114 g/mol. The summed E-state index contributed by atoms with van der Waals surface area (Å²) in [6.45, 7) is 0. The molecule has 0 unspecified atom stereocenters. The Hall–Kier alpha value is 0.865. The molecule has 0 radical (unpaired) electrons. The maximum atomic E-state index is 7.17. The van der Waals surface area contributed by atoms with Crippen molar-refractivity contribution in [1.29, 1.82) is 0 Å². The molecule has 0 atom stereocenters. The molecule has 40 valence electrons. The largest absolute Gasteiger partial charge is 1.00 e. The van der Waals surface area contributed by atoms with Gasteiger partial charge in [-0.2, -0.15) is 0 Å². The Kier molecular flexibility index (Phi) is 35.4. The molecule has 0 spiro atoms. The summed E-state index contributed by atoms with van der Waals surface area (Å²) in [5.74, 6) is 0. The molecule has 7 heteroatoms. The molecular formula is H6BNaO5. The Bertz CT molecular complexity index is 17.1. The molecule has 7 heavy (non-hydrogen) atoms. The molecule has 0 aliphatic rings. The van der Waals surface area contributed by atoms with Gasteiger partial charge in [-0.15, -0.1) is 0 Å². The number of hydrogen-bond acceptors (Lipinski definition) is 5. The van der Waals surface area contributed by atoms with Crippen LogP contribution in [0.25, 0.3) is 0 Å². The summed E-state index contributed by atoms with van der Waals surface area (Å²) in [5, 5.41) is 33.5. The van der Waals surface area contributed by atoms with Gasteiger partial charge in [0.1, 0.15) is 0 Å². The van der Waals surface area contributed by atoms with Gasteiger partial charge in [0.05, 0.1) is 0 Å². The van der Waals surface area contributed by atoms with E-state index in [2.05, 4.69) is 0 Å². The number of rotatable bonds is 0. The van der Waals surface area contributed by atoms with E-state index in [-0.39, 0.29) is 31.0 Å². The van der Waals surface area contributed by atoms with Gasteiger partial charge in [-0.3, -0.25) is 10.5 Å². The third kappa shape index (κ3) is 217. The molecule has 0 heterocycles. The SMILES string of the molecule is OB(O)O.OO.[H-].[Na+]. The first kappa shape index (κ1) is 15.7. The summed E-state index contributed by atoms with van der Waals surface area (Å²) < 4.78 is 0. The third-order valence-corrected chi connectivity index (χ3v) is 0. The number of hydrogen-bond donors (Lipinski definition) is 5. The minimum absolute atomic E-state index is 0. The molecule has 0 aromatic heterocycles. The topological polar surface area (TPSA) is 101 Å². The zero-order valence-electron chi connectivity index (χ0n) is 4.81. The van der Waals surface area contributed by atoms with Crippen molar-refractivity contribution in [3.63, 3.8) is 0 Å². The second-order valence-corrected chi connectivity index (χ2v) is 0.346. The maximum Gasteiger partial charge on any atom is 1.00 e. The Morgan fingerprint density at radius 2 is 1.00 bits per heavy atom. The summed E-state index contributed by atoms with van der Waals surface area (Å²) >= 11 is 0. The maximum absolute atomic E-state index is 7.17. The molecule has 5 N–H and O–H groups in total. The Balaban J connectivity index is -0.0000000183. The minimum Gasteiger partial charge on any atom is -1.00 e. The fourth-order valence-electron chi connectivity index (χ4n) is 0. The van der Waals surface area contributed by atoms with Crippen LogP contribution >= 0.6 is 0 Å². The van der Waals surface area contributed by atoms with E-state index in [1.165, 1.54) is 0 Å². The molecule has 0 rings (SSSR count). The molecule has 0 aliphatic heterocycles. The van der Waals surface area contributed by atoms with Crippen molar-refractivity contribution in [3.8, 4) is 0 Å². The quantitative estimate of drug-likeness (QED) is 0.125. The molecule has 5 nitrogen and oxygen atoms in total. The van der Waals surface area contributed by atoms with Crippen LogP contribution in [0.5, 0.6) is 0 Å². The van der Waals surface area contributed by atoms with Crippen molar-refractivity contribution < 1.29 is 56.6 Å². The Labute approximate surface area is 64.1 Å². The van der Waals surface area contributed by atoms with Crippen LogP contribution in [0.3, 0.4) is 0 Å². The van der Waals surface area contributed by atoms with E-state index in [1.54, 1.807) is 0 Å². The Morgan fingerprint density at radius 3 is 1.00 bits per heavy atom. The summed E-state index contributed by atoms with van der Waals surface area (Å²) in [6, 6.07) is 0. The van der Waals surface area contributed by atoms with Crippen molar-refractivity contribution >= 4 is 7.32 Å². The van der Waals surface area contributed by atoms with E-state index in [4.69, 9.17) is 25.6 Å². The van der Waals surface area contributed by atoms with Crippen molar-refractivity contribution in [3.05, 3.63) is 0 Å². The molecule has 0 fully saturated rings. The van der Waals surface area contributed by atoms with E-state index in [0.717, 1.165) is 0 Å². The predicted molar refractivity (Wildman–Crippen MR) is 18.8 cm³/mol. The summed E-state index contributed by atoms with van der Waals surface area (Å²) in [4.78, 5) is 0. The van der Waals surface area contributed by atoms with Crippen molar-refractivity contribution in [1.82, 2.24) is 0 Å². The van der Waals surface area contributed by atoms with Gasteiger partial charge in [0.2, 0.25) is 0 Å². The second kappa shape index (κ2) is 15.8. The molecule has 0 bridgehead atoms. The van der Waals surface area contributed by atoms with Crippen molar-refractivity contribution in [2.75, 3.05) is 0 Å². The van der Waals surface area contributed by atoms with Gasteiger partial charge in [-0.1, -0.05) is 0 Å². The summed E-state index contributed by atoms with van der Waals surface area (Å²) in [6.07, 6.45) is 0. The van der Waals surface area contributed by atoms with E-state index in [9.17, 15) is 0 Å². The zero-order chi connectivity index (χ0) is 5.58. The van der Waals surface area contributed by atoms with Crippen LogP contribution < -0.4 is 29.6 Å². The molecule has 0 saturated carbocycles. The van der Waals surface area contributed by atoms with Crippen LogP contribution in [0.15, 0.2) is 0 Å². The normalized spacial score (nSPS) is 4.71. The van der Waals surface area contributed by atoms with Crippen LogP contribution in [0.4, 0.5) is 0 Å². The van der Waals surface area contributed by atoms with E-state index < -0.39 is 7.32 Å². The fourth-order valence-corrected chi connectivity index (χ4v) is 0. The second-order valence-electron chi connectivity index (χ2n) is 0.346. The van der Waals surface area contributed by atoms with Crippen LogP contribution in [0, 0.1) is 0 Å².